The van der Waals surface area contributed by atoms with Crippen molar-refractivity contribution in [3.05, 3.63) is 190 Å². The number of anilines is 7. The second-order valence-corrected chi connectivity index (χ2v) is 24.7. The summed E-state index contributed by atoms with van der Waals surface area (Å²) in [5.41, 5.74) is 25.5. The van der Waals surface area contributed by atoms with Crippen LogP contribution < -0.4 is 31.1 Å². The SMILES string of the molecule is Cc1cccc(N2c3cc(C)ccc3B3c4cc(C(C)(C)C)cc5c4N(c4cc(N6c7ccc(C(C)(C)C)cc7C7(C)CCc8ccccc8C67C)cc2c43)C2(C)CCCCC52c2ccccc2)c1. The first-order chi connectivity index (χ1) is 32.9. The average Bonchev–Trinajstić information content (AvgIpc) is 3.69. The van der Waals surface area contributed by atoms with Crippen LogP contribution >= 0.6 is 0 Å². The molecule has 1 saturated carbocycles. The minimum absolute atomic E-state index is 0.0288. The van der Waals surface area contributed by atoms with Gasteiger partial charge < -0.3 is 14.7 Å². The number of hydrogen-bond acceptors (Lipinski definition) is 3. The van der Waals surface area contributed by atoms with E-state index in [0.717, 1.165) is 25.7 Å². The van der Waals surface area contributed by atoms with Crippen LogP contribution in [-0.2, 0) is 33.6 Å². The van der Waals surface area contributed by atoms with Crippen LogP contribution in [0, 0.1) is 13.8 Å². The Morgan fingerprint density at radius 3 is 1.99 bits per heavy atom. The van der Waals surface area contributed by atoms with Gasteiger partial charge in [0.2, 0.25) is 0 Å². The van der Waals surface area contributed by atoms with E-state index >= 15 is 0 Å². The van der Waals surface area contributed by atoms with Crippen molar-refractivity contribution in [3.63, 3.8) is 0 Å². The highest BCUT2D eigenvalue weighted by atomic mass is 15.3. The number of nitrogens with zero attached hydrogens (tertiary/aromatic N) is 3. The highest BCUT2D eigenvalue weighted by molar-refractivity contribution is 7.00. The molecule has 2 aliphatic carbocycles. The summed E-state index contributed by atoms with van der Waals surface area (Å²) in [5, 5.41) is 0. The summed E-state index contributed by atoms with van der Waals surface area (Å²) in [5.74, 6) is 0. The summed E-state index contributed by atoms with van der Waals surface area (Å²) in [4.78, 5) is 8.45. The van der Waals surface area contributed by atoms with Crippen LogP contribution in [0.5, 0.6) is 0 Å². The monoisotopic (exact) mass is 902 g/mol. The second kappa shape index (κ2) is 14.1. The van der Waals surface area contributed by atoms with E-state index in [1.165, 1.54) is 119 Å². The summed E-state index contributed by atoms with van der Waals surface area (Å²) in [6.45, 7) is 26.8. The minimum Gasteiger partial charge on any atom is -0.335 e. The van der Waals surface area contributed by atoms with Crippen LogP contribution in [-0.4, -0.2) is 12.3 Å². The number of fused-ring (bicyclic) bond motifs is 12. The smallest absolute Gasteiger partial charge is 0.252 e. The molecule has 6 aliphatic rings. The maximum absolute atomic E-state index is 2.96. The van der Waals surface area contributed by atoms with Gasteiger partial charge in [0.1, 0.15) is 0 Å². The molecule has 0 amide bonds. The molecule has 4 heteroatoms. The van der Waals surface area contributed by atoms with Gasteiger partial charge >= 0.3 is 0 Å². The van der Waals surface area contributed by atoms with Gasteiger partial charge in [0.05, 0.1) is 11.1 Å². The summed E-state index contributed by atoms with van der Waals surface area (Å²) in [6, 6.07) is 55.9. The third-order valence-electron chi connectivity index (χ3n) is 18.9. The van der Waals surface area contributed by atoms with Crippen molar-refractivity contribution in [1.82, 2.24) is 0 Å². The standard InChI is InChI=1S/C65H68BN3/c1-41-20-19-24-47(34-41)67-55-35-42(2)26-28-52(55)66-53-38-46(61(6,7)8)37-51-59(53)69(63(10)31-17-18-32-65(51,63)44-22-13-12-14-23-44)57-40-48(39-56(67)58(57)66)68-54-29-27-45(60(3,4)5)36-50(54)62(9)33-30-43-21-15-16-25-49(43)64(62,68)11/h12-16,19-29,34-40H,17-18,30-33H2,1-11H3. The molecule has 4 unspecified atom stereocenters. The molecule has 4 aliphatic heterocycles. The predicted molar refractivity (Wildman–Crippen MR) is 293 cm³/mol. The van der Waals surface area contributed by atoms with Crippen LogP contribution in [0.15, 0.2) is 140 Å². The van der Waals surface area contributed by atoms with Crippen molar-refractivity contribution in [2.75, 3.05) is 14.7 Å². The number of benzene rings is 7. The van der Waals surface area contributed by atoms with Gasteiger partial charge in [0, 0.05) is 50.6 Å². The van der Waals surface area contributed by atoms with Gasteiger partial charge in [-0.25, -0.2) is 0 Å². The molecule has 13 rings (SSSR count). The summed E-state index contributed by atoms with van der Waals surface area (Å²) >= 11 is 0. The first-order valence-corrected chi connectivity index (χ1v) is 26.1. The Morgan fingerprint density at radius 2 is 1.22 bits per heavy atom. The van der Waals surface area contributed by atoms with Crippen LogP contribution in [0.25, 0.3) is 0 Å². The molecule has 3 nitrogen and oxygen atoms in total. The largest absolute Gasteiger partial charge is 0.335 e. The van der Waals surface area contributed by atoms with E-state index < -0.39 is 0 Å². The van der Waals surface area contributed by atoms with E-state index in [2.05, 4.69) is 230 Å². The van der Waals surface area contributed by atoms with E-state index in [1.54, 1.807) is 0 Å². The molecule has 7 aromatic rings. The van der Waals surface area contributed by atoms with Gasteiger partial charge in [-0.2, -0.15) is 0 Å². The molecule has 4 atom stereocenters. The van der Waals surface area contributed by atoms with Gasteiger partial charge in [0.15, 0.2) is 0 Å². The van der Waals surface area contributed by atoms with Crippen molar-refractivity contribution in [2.24, 2.45) is 0 Å². The Hall–Kier alpha value is -6.00. The van der Waals surface area contributed by atoms with Gasteiger partial charge in [-0.05, 0) is 167 Å². The Bertz CT molecular complexity index is 3320. The molecule has 7 aromatic carbocycles. The van der Waals surface area contributed by atoms with Crippen LogP contribution in [0.4, 0.5) is 39.8 Å². The normalized spacial score (nSPS) is 24.8. The van der Waals surface area contributed by atoms with Crippen molar-refractivity contribution < 1.29 is 0 Å². The summed E-state index contributed by atoms with van der Waals surface area (Å²) in [7, 11) is 0. The Morgan fingerprint density at radius 1 is 0.507 bits per heavy atom. The molecule has 346 valence electrons. The lowest BCUT2D eigenvalue weighted by molar-refractivity contribution is 0.215. The zero-order valence-corrected chi connectivity index (χ0v) is 42.9. The van der Waals surface area contributed by atoms with Gasteiger partial charge in [-0.15, -0.1) is 0 Å². The zero-order chi connectivity index (χ0) is 47.8. The summed E-state index contributed by atoms with van der Waals surface area (Å²) in [6.07, 6.45) is 6.85. The molecule has 0 aromatic heterocycles. The van der Waals surface area contributed by atoms with E-state index in [4.69, 9.17) is 0 Å². The topological polar surface area (TPSA) is 9.72 Å². The first kappa shape index (κ1) is 43.1. The number of aryl methyl sites for hydroxylation is 3. The van der Waals surface area contributed by atoms with Crippen molar-refractivity contribution in [3.8, 4) is 0 Å². The van der Waals surface area contributed by atoms with Crippen LogP contribution in [0.1, 0.15) is 144 Å². The Balaban J connectivity index is 1.19. The Labute approximate surface area is 412 Å². The van der Waals surface area contributed by atoms with Gasteiger partial charge in [-0.3, -0.25) is 0 Å². The van der Waals surface area contributed by atoms with E-state index in [1.807, 2.05) is 0 Å². The lowest BCUT2D eigenvalue weighted by Gasteiger charge is -2.55. The van der Waals surface area contributed by atoms with Crippen LogP contribution in [0.2, 0.25) is 0 Å². The maximum atomic E-state index is 2.96. The quantitative estimate of drug-likeness (QED) is 0.164. The number of rotatable bonds is 3. The molecular weight excluding hydrogens is 834 g/mol. The summed E-state index contributed by atoms with van der Waals surface area (Å²) < 4.78 is 0. The lowest BCUT2D eigenvalue weighted by atomic mass is 9.33. The molecule has 0 saturated heterocycles. The molecule has 69 heavy (non-hydrogen) atoms. The van der Waals surface area contributed by atoms with Crippen molar-refractivity contribution >= 4 is 62.9 Å². The van der Waals surface area contributed by atoms with E-state index in [9.17, 15) is 0 Å². The lowest BCUT2D eigenvalue weighted by Crippen LogP contribution is -2.65. The fraction of sp³-hybridized carbons (Fsp3) is 0.354. The third kappa shape index (κ3) is 5.47. The van der Waals surface area contributed by atoms with Crippen molar-refractivity contribution in [2.45, 2.75) is 147 Å². The fourth-order valence-electron chi connectivity index (χ4n) is 15.2. The zero-order valence-electron chi connectivity index (χ0n) is 42.9. The minimum atomic E-state index is -0.356. The second-order valence-electron chi connectivity index (χ2n) is 24.7. The number of hydrogen-bond donors (Lipinski definition) is 0. The highest BCUT2D eigenvalue weighted by Gasteiger charge is 2.65. The van der Waals surface area contributed by atoms with Crippen LogP contribution in [0.3, 0.4) is 0 Å². The predicted octanol–water partition coefficient (Wildman–Crippen LogP) is 14.6. The Kier molecular flexibility index (Phi) is 8.79. The molecular formula is C65H68BN3. The molecule has 0 N–H and O–H groups in total. The molecule has 0 radical (unpaired) electrons. The van der Waals surface area contributed by atoms with Gasteiger partial charge in [-0.1, -0.05) is 164 Å². The fourth-order valence-corrected chi connectivity index (χ4v) is 15.2. The van der Waals surface area contributed by atoms with E-state index in [-0.39, 0.29) is 39.5 Å². The average molecular weight is 902 g/mol. The molecule has 1 fully saturated rings. The molecule has 4 heterocycles. The molecule has 0 spiro atoms. The third-order valence-corrected chi connectivity index (χ3v) is 18.9. The van der Waals surface area contributed by atoms with Crippen molar-refractivity contribution in [1.29, 1.82) is 0 Å². The highest BCUT2D eigenvalue weighted by Crippen LogP contribution is 2.67. The van der Waals surface area contributed by atoms with E-state index in [0.29, 0.717) is 0 Å². The maximum Gasteiger partial charge on any atom is 0.252 e. The first-order valence-electron chi connectivity index (χ1n) is 26.1. The molecule has 0 bridgehead atoms. The van der Waals surface area contributed by atoms with Gasteiger partial charge in [0.25, 0.3) is 6.71 Å².